The number of nitrogens with one attached hydrogen (secondary N) is 2. The molecule has 154 valence electrons. The molecule has 0 saturated carbocycles. The van der Waals surface area contributed by atoms with E-state index in [0.717, 1.165) is 16.7 Å². The molecule has 3 aromatic carbocycles. The Kier molecular flexibility index (Phi) is 7.22. The number of anilines is 1. The molecule has 0 spiro atoms. The number of benzene rings is 3. The van der Waals surface area contributed by atoms with Gasteiger partial charge in [-0.25, -0.2) is 0 Å². The molecule has 3 rings (SSSR count). The van der Waals surface area contributed by atoms with Crippen LogP contribution in [0.2, 0.25) is 0 Å². The Morgan fingerprint density at radius 3 is 2.13 bits per heavy atom. The number of hydrogen-bond acceptors (Lipinski definition) is 3. The largest absolute Gasteiger partial charge is 0.481 e. The summed E-state index contributed by atoms with van der Waals surface area (Å²) in [6.45, 7) is 1.72. The minimum Gasteiger partial charge on any atom is -0.481 e. The standard InChI is InChI=1S/C25H26N2O3/c1-18(30-23-15-11-21(12-16-23)20-6-4-3-5-7-20)25(29)27-22-13-8-19(9-14-22)10-17-24(28)26-2/h3-9,11-16,18H,10,17H2,1-2H3,(H,26,28)(H,27,29). The van der Waals surface area contributed by atoms with Crippen LogP contribution in [-0.4, -0.2) is 25.0 Å². The van der Waals surface area contributed by atoms with Crippen LogP contribution in [0.15, 0.2) is 78.9 Å². The Labute approximate surface area is 177 Å². The molecule has 30 heavy (non-hydrogen) atoms. The van der Waals surface area contributed by atoms with Crippen LogP contribution in [0.3, 0.4) is 0 Å². The first-order valence-electron chi connectivity index (χ1n) is 9.97. The third-order valence-corrected chi connectivity index (χ3v) is 4.78. The van der Waals surface area contributed by atoms with Crippen LogP contribution in [0, 0.1) is 0 Å². The van der Waals surface area contributed by atoms with Crippen LogP contribution in [0.5, 0.6) is 5.75 Å². The van der Waals surface area contributed by atoms with E-state index in [4.69, 9.17) is 4.74 Å². The lowest BCUT2D eigenvalue weighted by Gasteiger charge is -2.15. The summed E-state index contributed by atoms with van der Waals surface area (Å²) in [5.41, 5.74) is 3.96. The highest BCUT2D eigenvalue weighted by Gasteiger charge is 2.15. The second-order valence-electron chi connectivity index (χ2n) is 7.01. The van der Waals surface area contributed by atoms with Crippen molar-refractivity contribution in [2.75, 3.05) is 12.4 Å². The molecule has 5 nitrogen and oxygen atoms in total. The monoisotopic (exact) mass is 402 g/mol. The highest BCUT2D eigenvalue weighted by Crippen LogP contribution is 2.23. The molecule has 0 saturated heterocycles. The van der Waals surface area contributed by atoms with Gasteiger partial charge in [-0.15, -0.1) is 0 Å². The zero-order valence-electron chi connectivity index (χ0n) is 17.2. The molecule has 0 radical (unpaired) electrons. The number of carbonyl (C=O) groups excluding carboxylic acids is 2. The topological polar surface area (TPSA) is 67.4 Å². The van der Waals surface area contributed by atoms with Crippen molar-refractivity contribution in [3.05, 3.63) is 84.4 Å². The molecule has 1 unspecified atom stereocenters. The van der Waals surface area contributed by atoms with Crippen molar-refractivity contribution >= 4 is 17.5 Å². The molecule has 5 heteroatoms. The third kappa shape index (κ3) is 5.95. The molecule has 0 aliphatic carbocycles. The molecule has 0 aliphatic heterocycles. The van der Waals surface area contributed by atoms with Gasteiger partial charge < -0.3 is 15.4 Å². The fourth-order valence-corrected chi connectivity index (χ4v) is 3.00. The van der Waals surface area contributed by atoms with Gasteiger partial charge in [-0.05, 0) is 54.3 Å². The van der Waals surface area contributed by atoms with Gasteiger partial charge >= 0.3 is 0 Å². The predicted molar refractivity (Wildman–Crippen MR) is 119 cm³/mol. The third-order valence-electron chi connectivity index (χ3n) is 4.78. The highest BCUT2D eigenvalue weighted by molar-refractivity contribution is 5.94. The second-order valence-corrected chi connectivity index (χ2v) is 7.01. The number of rotatable bonds is 8. The molecule has 0 aromatic heterocycles. The van der Waals surface area contributed by atoms with E-state index >= 15 is 0 Å². The maximum atomic E-state index is 12.5. The van der Waals surface area contributed by atoms with Crippen molar-refractivity contribution in [1.29, 1.82) is 0 Å². The smallest absolute Gasteiger partial charge is 0.265 e. The van der Waals surface area contributed by atoms with E-state index in [2.05, 4.69) is 22.8 Å². The Bertz CT molecular complexity index is 968. The van der Waals surface area contributed by atoms with Gasteiger partial charge in [0.05, 0.1) is 0 Å². The maximum Gasteiger partial charge on any atom is 0.265 e. The Balaban J connectivity index is 1.52. The van der Waals surface area contributed by atoms with Gasteiger partial charge in [0, 0.05) is 19.2 Å². The van der Waals surface area contributed by atoms with Gasteiger partial charge in [0.2, 0.25) is 5.91 Å². The van der Waals surface area contributed by atoms with Crippen LogP contribution in [0.25, 0.3) is 11.1 Å². The summed E-state index contributed by atoms with van der Waals surface area (Å²) >= 11 is 0. The minimum atomic E-state index is -0.638. The van der Waals surface area contributed by atoms with E-state index in [0.29, 0.717) is 24.3 Å². The molecule has 0 heterocycles. The maximum absolute atomic E-state index is 12.5. The summed E-state index contributed by atoms with van der Waals surface area (Å²) in [5.74, 6) is 0.428. The highest BCUT2D eigenvalue weighted by atomic mass is 16.5. The zero-order valence-corrected chi connectivity index (χ0v) is 17.2. The summed E-state index contributed by atoms with van der Waals surface area (Å²) in [5, 5.41) is 5.47. The molecular weight excluding hydrogens is 376 g/mol. The lowest BCUT2D eigenvalue weighted by molar-refractivity contribution is -0.122. The Morgan fingerprint density at radius 2 is 1.50 bits per heavy atom. The minimum absolute atomic E-state index is 0.00940. The van der Waals surface area contributed by atoms with Gasteiger partial charge in [-0.1, -0.05) is 54.6 Å². The number of hydrogen-bond donors (Lipinski definition) is 2. The fraction of sp³-hybridized carbons (Fsp3) is 0.200. The van der Waals surface area contributed by atoms with Crippen LogP contribution in [-0.2, 0) is 16.0 Å². The lowest BCUT2D eigenvalue weighted by atomic mass is 10.1. The van der Waals surface area contributed by atoms with E-state index in [1.807, 2.05) is 66.7 Å². The average molecular weight is 402 g/mol. The van der Waals surface area contributed by atoms with Crippen LogP contribution >= 0.6 is 0 Å². The van der Waals surface area contributed by atoms with E-state index in [1.165, 1.54) is 0 Å². The van der Waals surface area contributed by atoms with Crippen molar-refractivity contribution < 1.29 is 14.3 Å². The molecule has 2 N–H and O–H groups in total. The van der Waals surface area contributed by atoms with Crippen molar-refractivity contribution in [2.45, 2.75) is 25.9 Å². The summed E-state index contributed by atoms with van der Waals surface area (Å²) in [6.07, 6.45) is 0.461. The summed E-state index contributed by atoms with van der Waals surface area (Å²) in [7, 11) is 1.63. The molecule has 0 bridgehead atoms. The molecule has 1 atom stereocenters. The van der Waals surface area contributed by atoms with Crippen molar-refractivity contribution in [3.8, 4) is 16.9 Å². The van der Waals surface area contributed by atoms with E-state index in [-0.39, 0.29) is 11.8 Å². The van der Waals surface area contributed by atoms with Crippen molar-refractivity contribution in [1.82, 2.24) is 5.32 Å². The van der Waals surface area contributed by atoms with Crippen LogP contribution in [0.4, 0.5) is 5.69 Å². The zero-order chi connectivity index (χ0) is 21.3. The first-order chi connectivity index (χ1) is 14.5. The van der Waals surface area contributed by atoms with Crippen LogP contribution in [0.1, 0.15) is 18.9 Å². The normalized spacial score (nSPS) is 11.4. The van der Waals surface area contributed by atoms with Gasteiger partial charge in [-0.2, -0.15) is 0 Å². The predicted octanol–water partition coefficient (Wildman–Crippen LogP) is 4.44. The molecule has 3 aromatic rings. The van der Waals surface area contributed by atoms with Crippen molar-refractivity contribution in [3.63, 3.8) is 0 Å². The van der Waals surface area contributed by atoms with E-state index in [1.54, 1.807) is 14.0 Å². The SMILES string of the molecule is CNC(=O)CCc1ccc(NC(=O)C(C)Oc2ccc(-c3ccccc3)cc2)cc1. The summed E-state index contributed by atoms with van der Waals surface area (Å²) in [4.78, 5) is 23.8. The molecule has 0 fully saturated rings. The van der Waals surface area contributed by atoms with E-state index in [9.17, 15) is 9.59 Å². The van der Waals surface area contributed by atoms with E-state index < -0.39 is 6.10 Å². The van der Waals surface area contributed by atoms with Crippen LogP contribution < -0.4 is 15.4 Å². The number of carbonyl (C=O) groups is 2. The molecular formula is C25H26N2O3. The first-order valence-corrected chi connectivity index (χ1v) is 9.97. The Hall–Kier alpha value is -3.60. The molecule has 0 aliphatic rings. The summed E-state index contributed by atoms with van der Waals surface area (Å²) < 4.78 is 5.78. The van der Waals surface area contributed by atoms with Crippen molar-refractivity contribution in [2.24, 2.45) is 0 Å². The summed E-state index contributed by atoms with van der Waals surface area (Å²) in [6, 6.07) is 25.3. The van der Waals surface area contributed by atoms with Gasteiger partial charge in [0.15, 0.2) is 6.10 Å². The number of aryl methyl sites for hydroxylation is 1. The van der Waals surface area contributed by atoms with Gasteiger partial charge in [-0.3, -0.25) is 9.59 Å². The lowest BCUT2D eigenvalue weighted by Crippen LogP contribution is -2.30. The number of amides is 2. The first kappa shape index (κ1) is 21.1. The number of ether oxygens (including phenoxy) is 1. The second kappa shape index (κ2) is 10.3. The Morgan fingerprint density at radius 1 is 0.867 bits per heavy atom. The fourth-order valence-electron chi connectivity index (χ4n) is 3.00. The average Bonchev–Trinajstić information content (AvgIpc) is 2.79. The van der Waals surface area contributed by atoms with Gasteiger partial charge in [0.25, 0.3) is 5.91 Å². The quantitative estimate of drug-likeness (QED) is 0.585. The molecule has 2 amide bonds. The van der Waals surface area contributed by atoms with Gasteiger partial charge in [0.1, 0.15) is 5.75 Å².